The number of nitrogens with zero attached hydrogens (tertiary/aromatic N) is 1. The first-order valence-electron chi connectivity index (χ1n) is 5.67. The Morgan fingerprint density at radius 1 is 1.47 bits per heavy atom. The summed E-state index contributed by atoms with van der Waals surface area (Å²) in [6.07, 6.45) is 2.24. The summed E-state index contributed by atoms with van der Waals surface area (Å²) in [5.74, 6) is -0.179. The summed E-state index contributed by atoms with van der Waals surface area (Å²) in [5, 5.41) is 3.23. The number of ether oxygens (including phenoxy) is 1. The van der Waals surface area contributed by atoms with Crippen LogP contribution < -0.4 is 5.32 Å². The van der Waals surface area contributed by atoms with Crippen LogP contribution in [0, 0.1) is 0 Å². The molecule has 0 saturated carbocycles. The van der Waals surface area contributed by atoms with Crippen LogP contribution in [0.25, 0.3) is 0 Å². The zero-order chi connectivity index (χ0) is 11.3. The first-order valence-corrected chi connectivity index (χ1v) is 5.67. The first kappa shape index (κ1) is 12.5. The van der Waals surface area contributed by atoms with Gasteiger partial charge >= 0.3 is 5.97 Å². The Morgan fingerprint density at radius 2 is 2.07 bits per heavy atom. The molecule has 1 rings (SSSR count). The molecule has 1 heterocycles. The molecule has 1 N–H and O–H groups in total. The molecular weight excluding hydrogens is 192 g/mol. The fourth-order valence-corrected chi connectivity index (χ4v) is 1.92. The van der Waals surface area contributed by atoms with Gasteiger partial charge in [0.15, 0.2) is 0 Å². The lowest BCUT2D eigenvalue weighted by Crippen LogP contribution is -2.46. The highest BCUT2D eigenvalue weighted by molar-refractivity contribution is 5.71. The van der Waals surface area contributed by atoms with Crippen LogP contribution in [0.4, 0.5) is 0 Å². The predicted octanol–water partition coefficient (Wildman–Crippen LogP) is 0.622. The lowest BCUT2D eigenvalue weighted by atomic mass is 10.0. The van der Waals surface area contributed by atoms with Gasteiger partial charge in [-0.1, -0.05) is 0 Å². The van der Waals surface area contributed by atoms with Crippen molar-refractivity contribution in [2.75, 3.05) is 26.7 Å². The third-order valence-electron chi connectivity index (χ3n) is 3.02. The van der Waals surface area contributed by atoms with Crippen molar-refractivity contribution in [2.24, 2.45) is 0 Å². The molecule has 0 spiro atoms. The summed E-state index contributed by atoms with van der Waals surface area (Å²) in [5.41, 5.74) is 0. The smallest absolute Gasteiger partial charge is 0.319 e. The summed E-state index contributed by atoms with van der Waals surface area (Å²) < 4.78 is 4.59. The Balaban J connectivity index is 2.17. The van der Waals surface area contributed by atoms with Crippen LogP contribution in [-0.2, 0) is 9.53 Å². The number of piperidine rings is 1. The average molecular weight is 214 g/mol. The van der Waals surface area contributed by atoms with Crippen molar-refractivity contribution in [3.05, 3.63) is 0 Å². The number of nitrogens with one attached hydrogen (secondary N) is 1. The van der Waals surface area contributed by atoms with Crippen LogP contribution in [0.1, 0.15) is 26.7 Å². The summed E-state index contributed by atoms with van der Waals surface area (Å²) >= 11 is 0. The fourth-order valence-electron chi connectivity index (χ4n) is 1.92. The van der Waals surface area contributed by atoms with Crippen LogP contribution in [0.5, 0.6) is 0 Å². The molecule has 1 aliphatic rings. The van der Waals surface area contributed by atoms with E-state index in [1.54, 1.807) is 0 Å². The monoisotopic (exact) mass is 214 g/mol. The van der Waals surface area contributed by atoms with Crippen molar-refractivity contribution in [1.29, 1.82) is 0 Å². The topological polar surface area (TPSA) is 41.6 Å². The van der Waals surface area contributed by atoms with Crippen molar-refractivity contribution in [3.8, 4) is 0 Å². The Bertz CT molecular complexity index is 199. The van der Waals surface area contributed by atoms with Crippen molar-refractivity contribution >= 4 is 5.97 Å². The van der Waals surface area contributed by atoms with Crippen LogP contribution in [-0.4, -0.2) is 49.7 Å². The number of esters is 1. The van der Waals surface area contributed by atoms with E-state index >= 15 is 0 Å². The molecule has 0 atom stereocenters. The molecule has 88 valence electrons. The normalized spacial score (nSPS) is 19.5. The lowest BCUT2D eigenvalue weighted by molar-refractivity contribution is -0.139. The van der Waals surface area contributed by atoms with Gasteiger partial charge in [0.1, 0.15) is 0 Å². The second-order valence-corrected chi connectivity index (χ2v) is 4.36. The third kappa shape index (κ3) is 4.18. The van der Waals surface area contributed by atoms with Gasteiger partial charge in [0.2, 0.25) is 0 Å². The minimum absolute atomic E-state index is 0.179. The molecule has 0 amide bonds. The first-order chi connectivity index (χ1) is 7.13. The van der Waals surface area contributed by atoms with Crippen LogP contribution in [0.15, 0.2) is 0 Å². The number of rotatable bonds is 4. The fraction of sp³-hybridized carbons (Fsp3) is 0.909. The number of hydrogen-bond acceptors (Lipinski definition) is 4. The summed E-state index contributed by atoms with van der Waals surface area (Å²) in [6, 6.07) is 1.10. The summed E-state index contributed by atoms with van der Waals surface area (Å²) in [6.45, 7) is 7.03. The quantitative estimate of drug-likeness (QED) is 0.697. The lowest BCUT2D eigenvalue weighted by Gasteiger charge is -2.34. The summed E-state index contributed by atoms with van der Waals surface area (Å²) in [7, 11) is 1.42. The van der Waals surface area contributed by atoms with Gasteiger partial charge in [0.25, 0.3) is 0 Å². The highest BCUT2D eigenvalue weighted by Gasteiger charge is 2.20. The zero-order valence-corrected chi connectivity index (χ0v) is 9.95. The molecule has 0 aromatic carbocycles. The molecule has 1 fully saturated rings. The van der Waals surface area contributed by atoms with Crippen LogP contribution in [0.2, 0.25) is 0 Å². The standard InChI is InChI=1S/C11H22N2O2/c1-9(2)13-6-4-10(5-7-13)12-8-11(14)15-3/h9-10,12H,4-8H2,1-3H3. The van der Waals surface area contributed by atoms with Gasteiger partial charge in [-0.2, -0.15) is 0 Å². The maximum absolute atomic E-state index is 10.9. The van der Waals surface area contributed by atoms with E-state index < -0.39 is 0 Å². The number of methoxy groups -OCH3 is 1. The molecule has 1 aliphatic heterocycles. The van der Waals surface area contributed by atoms with E-state index in [0.717, 1.165) is 25.9 Å². The van der Waals surface area contributed by atoms with Gasteiger partial charge in [-0.15, -0.1) is 0 Å². The number of carbonyl (C=O) groups is 1. The Kier molecular flexibility index (Phi) is 5.05. The van der Waals surface area contributed by atoms with E-state index in [-0.39, 0.29) is 5.97 Å². The maximum atomic E-state index is 10.9. The van der Waals surface area contributed by atoms with E-state index in [9.17, 15) is 4.79 Å². The Hall–Kier alpha value is -0.610. The third-order valence-corrected chi connectivity index (χ3v) is 3.02. The number of hydrogen-bond donors (Lipinski definition) is 1. The minimum atomic E-state index is -0.179. The van der Waals surface area contributed by atoms with E-state index in [1.165, 1.54) is 7.11 Å². The molecule has 4 heteroatoms. The van der Waals surface area contributed by atoms with E-state index in [2.05, 4.69) is 28.8 Å². The van der Waals surface area contributed by atoms with Gasteiger partial charge < -0.3 is 15.0 Å². The van der Waals surface area contributed by atoms with Gasteiger partial charge in [0.05, 0.1) is 13.7 Å². The molecule has 0 bridgehead atoms. The van der Waals surface area contributed by atoms with Crippen LogP contribution >= 0.6 is 0 Å². The maximum Gasteiger partial charge on any atom is 0.319 e. The highest BCUT2D eigenvalue weighted by atomic mass is 16.5. The minimum Gasteiger partial charge on any atom is -0.468 e. The molecule has 15 heavy (non-hydrogen) atoms. The van der Waals surface area contributed by atoms with Gasteiger partial charge in [-0.05, 0) is 39.8 Å². The Labute approximate surface area is 92.0 Å². The largest absolute Gasteiger partial charge is 0.468 e. The molecule has 4 nitrogen and oxygen atoms in total. The predicted molar refractivity (Wildman–Crippen MR) is 59.7 cm³/mol. The van der Waals surface area contributed by atoms with Crippen molar-refractivity contribution in [3.63, 3.8) is 0 Å². The van der Waals surface area contributed by atoms with Crippen molar-refractivity contribution in [1.82, 2.24) is 10.2 Å². The number of carbonyl (C=O) groups excluding carboxylic acids is 1. The molecular formula is C11H22N2O2. The number of likely N-dealkylation sites (tertiary alicyclic amines) is 1. The van der Waals surface area contributed by atoms with Gasteiger partial charge in [-0.25, -0.2) is 0 Å². The second kappa shape index (κ2) is 6.08. The molecule has 0 aromatic rings. The Morgan fingerprint density at radius 3 is 2.53 bits per heavy atom. The molecule has 0 radical (unpaired) electrons. The zero-order valence-electron chi connectivity index (χ0n) is 9.95. The second-order valence-electron chi connectivity index (χ2n) is 4.36. The summed E-state index contributed by atoms with van der Waals surface area (Å²) in [4.78, 5) is 13.4. The molecule has 0 unspecified atom stereocenters. The van der Waals surface area contributed by atoms with Gasteiger partial charge in [0, 0.05) is 12.1 Å². The van der Waals surface area contributed by atoms with Crippen molar-refractivity contribution in [2.45, 2.75) is 38.8 Å². The molecule has 0 aliphatic carbocycles. The SMILES string of the molecule is COC(=O)CNC1CCN(C(C)C)CC1. The molecule has 1 saturated heterocycles. The van der Waals surface area contributed by atoms with Crippen molar-refractivity contribution < 1.29 is 9.53 Å². The highest BCUT2D eigenvalue weighted by Crippen LogP contribution is 2.12. The molecule has 0 aromatic heterocycles. The van der Waals surface area contributed by atoms with Gasteiger partial charge in [-0.3, -0.25) is 4.79 Å². The van der Waals surface area contributed by atoms with E-state index in [0.29, 0.717) is 18.6 Å². The average Bonchev–Trinajstić information content (AvgIpc) is 2.26. The van der Waals surface area contributed by atoms with E-state index in [1.807, 2.05) is 0 Å². The van der Waals surface area contributed by atoms with E-state index in [4.69, 9.17) is 0 Å². The van der Waals surface area contributed by atoms with Crippen LogP contribution in [0.3, 0.4) is 0 Å².